The van der Waals surface area contributed by atoms with Crippen molar-refractivity contribution in [3.8, 4) is 0 Å². The number of anilines is 2. The molecule has 0 aliphatic carbocycles. The molecular formula is C21H30N4O3. The number of nitrogens with one attached hydrogen (secondary N) is 2. The van der Waals surface area contributed by atoms with E-state index < -0.39 is 0 Å². The van der Waals surface area contributed by atoms with E-state index in [-0.39, 0.29) is 30.3 Å². The van der Waals surface area contributed by atoms with Crippen LogP contribution in [0, 0.1) is 0 Å². The molecule has 7 nitrogen and oxygen atoms in total. The minimum Gasteiger partial charge on any atom is -0.363 e. The number of nitrogens with zero attached hydrogens (tertiary/aromatic N) is 2. The fraction of sp³-hybridized carbons (Fsp3) is 0.476. The predicted octanol–water partition coefficient (Wildman–Crippen LogP) is 4.80. The van der Waals surface area contributed by atoms with Crippen molar-refractivity contribution in [3.05, 3.63) is 41.7 Å². The van der Waals surface area contributed by atoms with Crippen LogP contribution in [-0.2, 0) is 4.79 Å². The van der Waals surface area contributed by atoms with Gasteiger partial charge in [0.2, 0.25) is 5.91 Å². The van der Waals surface area contributed by atoms with E-state index in [0.29, 0.717) is 12.4 Å². The summed E-state index contributed by atoms with van der Waals surface area (Å²) in [7, 11) is 0. The Morgan fingerprint density at radius 1 is 1.07 bits per heavy atom. The van der Waals surface area contributed by atoms with Gasteiger partial charge in [0.15, 0.2) is 5.82 Å². The highest BCUT2D eigenvalue weighted by atomic mass is 16.5. The highest BCUT2D eigenvalue weighted by Crippen LogP contribution is 2.32. The van der Waals surface area contributed by atoms with Crippen molar-refractivity contribution in [1.29, 1.82) is 0 Å². The first-order valence-corrected chi connectivity index (χ1v) is 9.72. The van der Waals surface area contributed by atoms with Crippen molar-refractivity contribution in [2.75, 3.05) is 23.7 Å². The topological polar surface area (TPSA) is 87.5 Å². The molecule has 0 spiro atoms. The van der Waals surface area contributed by atoms with Gasteiger partial charge < -0.3 is 20.1 Å². The first kappa shape index (κ1) is 21.5. The molecule has 0 aliphatic rings. The first-order chi connectivity index (χ1) is 13.3. The number of benzene rings is 1. The minimum absolute atomic E-state index is 0.0621. The van der Waals surface area contributed by atoms with Crippen LogP contribution < -0.4 is 10.6 Å². The third-order valence-electron chi connectivity index (χ3n) is 4.43. The van der Waals surface area contributed by atoms with E-state index in [1.165, 1.54) is 11.2 Å². The summed E-state index contributed by atoms with van der Waals surface area (Å²) in [4.78, 5) is 26.8. The second kappa shape index (κ2) is 9.92. The molecule has 0 aliphatic heterocycles. The van der Waals surface area contributed by atoms with Gasteiger partial charge in [-0.05, 0) is 29.4 Å². The van der Waals surface area contributed by atoms with Gasteiger partial charge in [-0.2, -0.15) is 0 Å². The van der Waals surface area contributed by atoms with Crippen molar-refractivity contribution in [2.24, 2.45) is 0 Å². The Balaban J connectivity index is 2.18. The van der Waals surface area contributed by atoms with Crippen molar-refractivity contribution in [2.45, 2.75) is 52.9 Å². The Morgan fingerprint density at radius 3 is 2.21 bits per heavy atom. The van der Waals surface area contributed by atoms with E-state index in [0.717, 1.165) is 23.2 Å². The van der Waals surface area contributed by atoms with Crippen molar-refractivity contribution < 1.29 is 14.1 Å². The Hall–Kier alpha value is -2.83. The van der Waals surface area contributed by atoms with Gasteiger partial charge in [-0.1, -0.05) is 58.0 Å². The minimum atomic E-state index is -0.321. The van der Waals surface area contributed by atoms with E-state index in [1.54, 1.807) is 6.07 Å². The van der Waals surface area contributed by atoms with Crippen LogP contribution in [0.3, 0.4) is 0 Å². The molecule has 1 aromatic carbocycles. The number of carbonyl (C=O) groups excluding carboxylic acids is 2. The number of urea groups is 1. The Morgan fingerprint density at radius 2 is 1.71 bits per heavy atom. The zero-order chi connectivity index (χ0) is 20.7. The average molecular weight is 386 g/mol. The Labute approximate surface area is 166 Å². The zero-order valence-corrected chi connectivity index (χ0v) is 17.3. The summed E-state index contributed by atoms with van der Waals surface area (Å²) < 4.78 is 4.71. The summed E-state index contributed by atoms with van der Waals surface area (Å²) in [6, 6.07) is 7.36. The molecule has 1 aromatic heterocycles. The summed E-state index contributed by atoms with van der Waals surface area (Å²) in [5, 5.41) is 9.35. The second-order valence-electron chi connectivity index (χ2n) is 7.41. The molecular weight excluding hydrogens is 356 g/mol. The molecule has 0 unspecified atom stereocenters. The summed E-state index contributed by atoms with van der Waals surface area (Å²) in [5.74, 6) is 0.543. The van der Waals surface area contributed by atoms with Crippen LogP contribution >= 0.6 is 0 Å². The van der Waals surface area contributed by atoms with E-state index in [1.807, 2.05) is 25.1 Å². The van der Waals surface area contributed by atoms with E-state index >= 15 is 0 Å². The van der Waals surface area contributed by atoms with E-state index in [4.69, 9.17) is 4.52 Å². The molecule has 2 aromatic rings. The standard InChI is InChI=1S/C21H30N4O3/c1-6-11-25(13-19(26)22-18-10-12-28-24-18)21(27)23-20-16(14(2)3)8-7-9-17(20)15(4)5/h7-10,12,14-15H,6,11,13H2,1-5H3,(H,23,27)(H,22,24,26). The molecule has 7 heteroatoms. The molecule has 0 saturated carbocycles. The number of hydrogen-bond acceptors (Lipinski definition) is 4. The van der Waals surface area contributed by atoms with Crippen molar-refractivity contribution >= 4 is 23.4 Å². The molecule has 152 valence electrons. The van der Waals surface area contributed by atoms with Crippen molar-refractivity contribution in [3.63, 3.8) is 0 Å². The number of para-hydroxylation sites is 1. The molecule has 0 saturated heterocycles. The number of amides is 3. The van der Waals surface area contributed by atoms with Gasteiger partial charge in [-0.15, -0.1) is 0 Å². The Kier molecular flexibility index (Phi) is 7.61. The van der Waals surface area contributed by atoms with Crippen LogP contribution in [0.5, 0.6) is 0 Å². The lowest BCUT2D eigenvalue weighted by molar-refractivity contribution is -0.116. The summed E-state index contributed by atoms with van der Waals surface area (Å²) in [6.07, 6.45) is 2.12. The van der Waals surface area contributed by atoms with Crippen LogP contribution in [0.1, 0.15) is 64.0 Å². The number of hydrogen-bond donors (Lipinski definition) is 2. The van der Waals surface area contributed by atoms with Crippen molar-refractivity contribution in [1.82, 2.24) is 10.1 Å². The fourth-order valence-electron chi connectivity index (χ4n) is 3.04. The normalized spacial score (nSPS) is 11.0. The van der Waals surface area contributed by atoms with Gasteiger partial charge in [0.1, 0.15) is 12.8 Å². The quantitative estimate of drug-likeness (QED) is 0.682. The molecule has 0 atom stereocenters. The highest BCUT2D eigenvalue weighted by Gasteiger charge is 2.21. The SMILES string of the molecule is CCCN(CC(=O)Nc1ccon1)C(=O)Nc1c(C(C)C)cccc1C(C)C. The molecule has 3 amide bonds. The lowest BCUT2D eigenvalue weighted by atomic mass is 9.93. The maximum absolute atomic E-state index is 13.0. The third-order valence-corrected chi connectivity index (χ3v) is 4.43. The molecule has 0 radical (unpaired) electrons. The molecule has 2 rings (SSSR count). The molecule has 1 heterocycles. The first-order valence-electron chi connectivity index (χ1n) is 9.72. The lowest BCUT2D eigenvalue weighted by Gasteiger charge is -2.25. The predicted molar refractivity (Wildman–Crippen MR) is 111 cm³/mol. The molecule has 28 heavy (non-hydrogen) atoms. The molecule has 0 bridgehead atoms. The van der Waals surface area contributed by atoms with Gasteiger partial charge in [0.05, 0.1) is 0 Å². The van der Waals surface area contributed by atoms with Crippen LogP contribution in [0.4, 0.5) is 16.3 Å². The largest absolute Gasteiger partial charge is 0.363 e. The smallest absolute Gasteiger partial charge is 0.322 e. The molecule has 2 N–H and O–H groups in total. The van der Waals surface area contributed by atoms with Gasteiger partial charge in [-0.25, -0.2) is 4.79 Å². The van der Waals surface area contributed by atoms with Gasteiger partial charge in [0.25, 0.3) is 0 Å². The lowest BCUT2D eigenvalue weighted by Crippen LogP contribution is -2.41. The maximum atomic E-state index is 13.0. The average Bonchev–Trinajstić information content (AvgIpc) is 3.13. The van der Waals surface area contributed by atoms with Gasteiger partial charge >= 0.3 is 6.03 Å². The zero-order valence-electron chi connectivity index (χ0n) is 17.3. The van der Waals surface area contributed by atoms with Gasteiger partial charge in [0, 0.05) is 18.3 Å². The van der Waals surface area contributed by atoms with E-state index in [9.17, 15) is 9.59 Å². The fourth-order valence-corrected chi connectivity index (χ4v) is 3.04. The Bertz CT molecular complexity index is 759. The summed E-state index contributed by atoms with van der Waals surface area (Å²) in [6.45, 7) is 10.8. The number of rotatable bonds is 8. The second-order valence-corrected chi connectivity index (χ2v) is 7.41. The van der Waals surface area contributed by atoms with Crippen LogP contribution in [0.25, 0.3) is 0 Å². The maximum Gasteiger partial charge on any atom is 0.322 e. The molecule has 0 fully saturated rings. The number of aromatic nitrogens is 1. The van der Waals surface area contributed by atoms with Crippen LogP contribution in [0.15, 0.2) is 35.1 Å². The summed E-state index contributed by atoms with van der Waals surface area (Å²) in [5.41, 5.74) is 3.02. The number of carbonyl (C=O) groups is 2. The monoisotopic (exact) mass is 386 g/mol. The highest BCUT2D eigenvalue weighted by molar-refractivity contribution is 5.97. The third kappa shape index (κ3) is 5.58. The van der Waals surface area contributed by atoms with Crippen LogP contribution in [0.2, 0.25) is 0 Å². The summed E-state index contributed by atoms with van der Waals surface area (Å²) >= 11 is 0. The van der Waals surface area contributed by atoms with Gasteiger partial charge in [-0.3, -0.25) is 4.79 Å². The van der Waals surface area contributed by atoms with E-state index in [2.05, 4.69) is 43.5 Å². The van der Waals surface area contributed by atoms with Crippen LogP contribution in [-0.4, -0.2) is 35.1 Å².